The number of esters is 1. The van der Waals surface area contributed by atoms with E-state index in [1.807, 2.05) is 12.1 Å². The van der Waals surface area contributed by atoms with Gasteiger partial charge in [-0.25, -0.2) is 4.79 Å². The van der Waals surface area contributed by atoms with Crippen LogP contribution in [0.2, 0.25) is 0 Å². The predicted octanol–water partition coefficient (Wildman–Crippen LogP) is 1.10. The standard InChI is InChI=1S/C14H20N2O4/c1-2-19-14(18)13(17)15-10-11(12-6-5-9-20-12)16-7-3-4-8-16/h5-6,9,11H,2-4,7-8,10H2,1H3,(H,15,17). The zero-order chi connectivity index (χ0) is 14.4. The lowest BCUT2D eigenvalue weighted by Gasteiger charge is -2.25. The summed E-state index contributed by atoms with van der Waals surface area (Å²) in [5.41, 5.74) is 0. The number of rotatable bonds is 5. The summed E-state index contributed by atoms with van der Waals surface area (Å²) in [4.78, 5) is 25.1. The fraction of sp³-hybridized carbons (Fsp3) is 0.571. The fourth-order valence-electron chi connectivity index (χ4n) is 2.40. The highest BCUT2D eigenvalue weighted by atomic mass is 16.5. The Hall–Kier alpha value is -1.82. The predicted molar refractivity (Wildman–Crippen MR) is 71.9 cm³/mol. The number of amides is 1. The maximum atomic E-state index is 11.6. The van der Waals surface area contributed by atoms with Crippen molar-refractivity contribution >= 4 is 11.9 Å². The van der Waals surface area contributed by atoms with Gasteiger partial charge in [-0.05, 0) is 45.0 Å². The summed E-state index contributed by atoms with van der Waals surface area (Å²) in [6, 6.07) is 3.68. The minimum atomic E-state index is -0.841. The Morgan fingerprint density at radius 2 is 2.20 bits per heavy atom. The number of carbonyl (C=O) groups is 2. The first-order valence-corrected chi connectivity index (χ1v) is 6.94. The minimum Gasteiger partial charge on any atom is -0.468 e. The molecule has 0 aliphatic carbocycles. The number of nitrogens with one attached hydrogen (secondary N) is 1. The van der Waals surface area contributed by atoms with Gasteiger partial charge in [-0.3, -0.25) is 9.69 Å². The van der Waals surface area contributed by atoms with Crippen LogP contribution in [-0.4, -0.2) is 43.0 Å². The maximum Gasteiger partial charge on any atom is 0.396 e. The number of likely N-dealkylation sites (tertiary alicyclic amines) is 1. The zero-order valence-corrected chi connectivity index (χ0v) is 11.6. The van der Waals surface area contributed by atoms with Crippen LogP contribution in [0, 0.1) is 0 Å². The molecule has 1 aromatic rings. The number of hydrogen-bond acceptors (Lipinski definition) is 5. The second-order valence-electron chi connectivity index (χ2n) is 4.70. The summed E-state index contributed by atoms with van der Waals surface area (Å²) >= 11 is 0. The molecule has 0 bridgehead atoms. The van der Waals surface area contributed by atoms with E-state index < -0.39 is 11.9 Å². The Balaban J connectivity index is 1.94. The number of hydrogen-bond donors (Lipinski definition) is 1. The first-order valence-electron chi connectivity index (χ1n) is 6.94. The van der Waals surface area contributed by atoms with E-state index in [9.17, 15) is 9.59 Å². The van der Waals surface area contributed by atoms with Crippen molar-refractivity contribution in [2.24, 2.45) is 0 Å². The topological polar surface area (TPSA) is 71.8 Å². The van der Waals surface area contributed by atoms with Crippen LogP contribution in [0.15, 0.2) is 22.8 Å². The van der Waals surface area contributed by atoms with E-state index in [2.05, 4.69) is 15.0 Å². The molecule has 1 atom stereocenters. The zero-order valence-electron chi connectivity index (χ0n) is 11.6. The monoisotopic (exact) mass is 280 g/mol. The van der Waals surface area contributed by atoms with Crippen molar-refractivity contribution in [1.82, 2.24) is 10.2 Å². The molecule has 1 saturated heterocycles. The highest BCUT2D eigenvalue weighted by Crippen LogP contribution is 2.24. The number of ether oxygens (including phenoxy) is 1. The van der Waals surface area contributed by atoms with Crippen molar-refractivity contribution in [1.29, 1.82) is 0 Å². The highest BCUT2D eigenvalue weighted by Gasteiger charge is 2.27. The molecule has 2 rings (SSSR count). The van der Waals surface area contributed by atoms with Gasteiger partial charge in [0.05, 0.1) is 18.9 Å². The van der Waals surface area contributed by atoms with Crippen LogP contribution < -0.4 is 5.32 Å². The Labute approximate surface area is 118 Å². The average molecular weight is 280 g/mol. The largest absolute Gasteiger partial charge is 0.468 e. The van der Waals surface area contributed by atoms with Crippen molar-refractivity contribution in [3.8, 4) is 0 Å². The molecule has 20 heavy (non-hydrogen) atoms. The van der Waals surface area contributed by atoms with Crippen LogP contribution in [0.25, 0.3) is 0 Å². The summed E-state index contributed by atoms with van der Waals surface area (Å²) in [6.45, 7) is 4.15. The summed E-state index contributed by atoms with van der Waals surface area (Å²) < 4.78 is 10.1. The van der Waals surface area contributed by atoms with Gasteiger partial charge < -0.3 is 14.5 Å². The molecule has 1 amide bonds. The lowest BCUT2D eigenvalue weighted by Crippen LogP contribution is -2.40. The van der Waals surface area contributed by atoms with Gasteiger partial charge in [0.1, 0.15) is 5.76 Å². The Morgan fingerprint density at radius 3 is 2.80 bits per heavy atom. The average Bonchev–Trinajstić information content (AvgIpc) is 3.12. The molecule has 1 N–H and O–H groups in total. The lowest BCUT2D eigenvalue weighted by molar-refractivity contribution is -0.154. The first kappa shape index (κ1) is 14.6. The van der Waals surface area contributed by atoms with Gasteiger partial charge in [-0.1, -0.05) is 0 Å². The Morgan fingerprint density at radius 1 is 1.45 bits per heavy atom. The van der Waals surface area contributed by atoms with Crippen LogP contribution >= 0.6 is 0 Å². The van der Waals surface area contributed by atoms with Gasteiger partial charge in [0.25, 0.3) is 0 Å². The summed E-state index contributed by atoms with van der Waals surface area (Å²) in [5, 5.41) is 2.62. The van der Waals surface area contributed by atoms with Gasteiger partial charge in [0.15, 0.2) is 0 Å². The van der Waals surface area contributed by atoms with Crippen LogP contribution in [0.4, 0.5) is 0 Å². The molecule has 0 radical (unpaired) electrons. The molecule has 1 aliphatic heterocycles. The SMILES string of the molecule is CCOC(=O)C(=O)NCC(c1ccco1)N1CCCC1. The first-order chi connectivity index (χ1) is 9.72. The molecule has 1 aromatic heterocycles. The molecule has 1 fully saturated rings. The van der Waals surface area contributed by atoms with E-state index in [-0.39, 0.29) is 12.6 Å². The van der Waals surface area contributed by atoms with E-state index in [4.69, 9.17) is 4.42 Å². The van der Waals surface area contributed by atoms with Crippen LogP contribution in [0.5, 0.6) is 0 Å². The number of carbonyl (C=O) groups excluding carboxylic acids is 2. The molecular formula is C14H20N2O4. The molecule has 2 heterocycles. The van der Waals surface area contributed by atoms with E-state index >= 15 is 0 Å². The third kappa shape index (κ3) is 3.60. The third-order valence-corrected chi connectivity index (χ3v) is 3.37. The van der Waals surface area contributed by atoms with Crippen molar-refractivity contribution in [2.45, 2.75) is 25.8 Å². The van der Waals surface area contributed by atoms with E-state index in [0.29, 0.717) is 6.54 Å². The second-order valence-corrected chi connectivity index (χ2v) is 4.70. The Kier molecular flexibility index (Phi) is 5.17. The van der Waals surface area contributed by atoms with Gasteiger partial charge in [-0.15, -0.1) is 0 Å². The molecule has 6 heteroatoms. The van der Waals surface area contributed by atoms with Crippen LogP contribution in [0.3, 0.4) is 0 Å². The van der Waals surface area contributed by atoms with Crippen molar-refractivity contribution in [3.05, 3.63) is 24.2 Å². The highest BCUT2D eigenvalue weighted by molar-refractivity contribution is 6.32. The molecular weight excluding hydrogens is 260 g/mol. The summed E-state index contributed by atoms with van der Waals surface area (Å²) in [6.07, 6.45) is 3.90. The molecule has 1 unspecified atom stereocenters. The fourth-order valence-corrected chi connectivity index (χ4v) is 2.40. The summed E-state index contributed by atoms with van der Waals surface area (Å²) in [5.74, 6) is -0.745. The Bertz CT molecular complexity index is 438. The molecule has 110 valence electrons. The van der Waals surface area contributed by atoms with Gasteiger partial charge in [0, 0.05) is 6.54 Å². The lowest BCUT2D eigenvalue weighted by atomic mass is 10.2. The van der Waals surface area contributed by atoms with Crippen LogP contribution in [0.1, 0.15) is 31.6 Å². The summed E-state index contributed by atoms with van der Waals surface area (Å²) in [7, 11) is 0. The van der Waals surface area contributed by atoms with Crippen molar-refractivity contribution < 1.29 is 18.7 Å². The van der Waals surface area contributed by atoms with Crippen molar-refractivity contribution in [3.63, 3.8) is 0 Å². The maximum absolute atomic E-state index is 11.6. The van der Waals surface area contributed by atoms with E-state index in [1.165, 1.54) is 0 Å². The molecule has 0 saturated carbocycles. The second kappa shape index (κ2) is 7.09. The molecule has 6 nitrogen and oxygen atoms in total. The quantitative estimate of drug-likeness (QED) is 0.646. The smallest absolute Gasteiger partial charge is 0.396 e. The van der Waals surface area contributed by atoms with Crippen LogP contribution in [-0.2, 0) is 14.3 Å². The van der Waals surface area contributed by atoms with E-state index in [1.54, 1.807) is 13.2 Å². The molecule has 0 aromatic carbocycles. The normalized spacial score (nSPS) is 16.9. The molecule has 0 spiro atoms. The van der Waals surface area contributed by atoms with Gasteiger partial charge in [-0.2, -0.15) is 0 Å². The minimum absolute atomic E-state index is 0.0362. The van der Waals surface area contributed by atoms with E-state index in [0.717, 1.165) is 31.7 Å². The third-order valence-electron chi connectivity index (χ3n) is 3.37. The van der Waals surface area contributed by atoms with Crippen molar-refractivity contribution in [2.75, 3.05) is 26.2 Å². The molecule has 1 aliphatic rings. The number of nitrogens with zero attached hydrogens (tertiary/aromatic N) is 1. The van der Waals surface area contributed by atoms with Gasteiger partial charge in [0.2, 0.25) is 0 Å². The van der Waals surface area contributed by atoms with Gasteiger partial charge >= 0.3 is 11.9 Å². The number of furan rings is 1.